The van der Waals surface area contributed by atoms with E-state index in [2.05, 4.69) is 10.3 Å². The highest BCUT2D eigenvalue weighted by molar-refractivity contribution is 5.94. The topological polar surface area (TPSA) is 88.5 Å². The molecule has 9 heteroatoms. The number of benzene rings is 1. The highest BCUT2D eigenvalue weighted by Gasteiger charge is 2.30. The molecular formula is C18H17F3N2O4. The zero-order valence-electron chi connectivity index (χ0n) is 14.4. The Kier molecular flexibility index (Phi) is 6.04. The van der Waals surface area contributed by atoms with Crippen molar-refractivity contribution in [3.63, 3.8) is 0 Å². The Balaban J connectivity index is 2.00. The normalized spacial score (nSPS) is 13.5. The molecule has 0 aliphatic carbocycles. The molecule has 6 nitrogen and oxygen atoms in total. The largest absolute Gasteiger partial charge is 0.481 e. The second kappa shape index (κ2) is 8.07. The summed E-state index contributed by atoms with van der Waals surface area (Å²) < 4.78 is 42.8. The molecule has 1 amide bonds. The number of nitrogens with zero attached hydrogens (tertiary/aromatic N) is 1. The first-order chi connectivity index (χ1) is 12.6. The number of ether oxygens (including phenoxy) is 1. The fourth-order valence-electron chi connectivity index (χ4n) is 2.03. The predicted octanol–water partition coefficient (Wildman–Crippen LogP) is 3.73. The molecule has 0 aliphatic rings. The molecule has 2 N–H and O–H groups in total. The lowest BCUT2D eigenvalue weighted by molar-refractivity contribution is -0.142. The van der Waals surface area contributed by atoms with Crippen molar-refractivity contribution in [2.24, 2.45) is 5.92 Å². The van der Waals surface area contributed by atoms with E-state index in [0.717, 1.165) is 12.1 Å². The minimum absolute atomic E-state index is 0.0240. The zero-order chi connectivity index (χ0) is 20.2. The first-order valence-electron chi connectivity index (χ1n) is 7.92. The van der Waals surface area contributed by atoms with Gasteiger partial charge in [0.2, 0.25) is 5.88 Å². The zero-order valence-corrected chi connectivity index (χ0v) is 14.4. The van der Waals surface area contributed by atoms with Gasteiger partial charge < -0.3 is 15.2 Å². The maximum Gasteiger partial charge on any atom is 0.417 e. The van der Waals surface area contributed by atoms with Crippen LogP contribution in [0.2, 0.25) is 0 Å². The van der Waals surface area contributed by atoms with Crippen molar-refractivity contribution in [1.82, 2.24) is 10.3 Å². The highest BCUT2D eigenvalue weighted by Crippen LogP contribution is 2.30. The van der Waals surface area contributed by atoms with E-state index in [1.165, 1.54) is 31.2 Å². The van der Waals surface area contributed by atoms with Crippen LogP contribution in [0.5, 0.6) is 11.6 Å². The molecule has 144 valence electrons. The minimum Gasteiger partial charge on any atom is -0.481 e. The lowest BCUT2D eigenvalue weighted by Gasteiger charge is -2.17. The van der Waals surface area contributed by atoms with Crippen LogP contribution in [0, 0.1) is 5.92 Å². The molecule has 0 saturated heterocycles. The second-order valence-corrected chi connectivity index (χ2v) is 5.90. The Hall–Kier alpha value is -3.10. The second-order valence-electron chi connectivity index (χ2n) is 5.90. The van der Waals surface area contributed by atoms with Crippen LogP contribution in [0.15, 0.2) is 42.6 Å². The maximum atomic E-state index is 12.5. The molecule has 2 atom stereocenters. The first-order valence-corrected chi connectivity index (χ1v) is 7.92. The van der Waals surface area contributed by atoms with Crippen LogP contribution in [0.25, 0.3) is 0 Å². The smallest absolute Gasteiger partial charge is 0.417 e. The number of carbonyl (C=O) groups excluding carboxylic acids is 1. The summed E-state index contributed by atoms with van der Waals surface area (Å²) in [5.74, 6) is -1.96. The number of carbonyl (C=O) groups is 2. The minimum atomic E-state index is -4.48. The number of nitrogens with one attached hydrogen (secondary N) is 1. The van der Waals surface area contributed by atoms with Crippen LogP contribution in [-0.4, -0.2) is 28.0 Å². The number of amides is 1. The fraction of sp³-hybridized carbons (Fsp3) is 0.278. The van der Waals surface area contributed by atoms with Crippen molar-refractivity contribution >= 4 is 11.9 Å². The molecule has 1 aromatic heterocycles. The number of hydrogen-bond donors (Lipinski definition) is 2. The van der Waals surface area contributed by atoms with E-state index in [0.29, 0.717) is 6.20 Å². The van der Waals surface area contributed by atoms with Gasteiger partial charge in [-0.15, -0.1) is 0 Å². The summed E-state index contributed by atoms with van der Waals surface area (Å²) >= 11 is 0. The monoisotopic (exact) mass is 382 g/mol. The molecule has 0 radical (unpaired) electrons. The fourth-order valence-corrected chi connectivity index (χ4v) is 2.03. The number of aromatic nitrogens is 1. The Bertz CT molecular complexity index is 805. The molecule has 27 heavy (non-hydrogen) atoms. The number of aliphatic carboxylic acids is 1. The van der Waals surface area contributed by atoms with Crippen LogP contribution in [-0.2, 0) is 11.0 Å². The number of rotatable bonds is 6. The molecule has 2 rings (SSSR count). The average Bonchev–Trinajstić information content (AvgIpc) is 2.61. The van der Waals surface area contributed by atoms with Crippen LogP contribution < -0.4 is 10.1 Å². The van der Waals surface area contributed by atoms with Gasteiger partial charge in [-0.2, -0.15) is 13.2 Å². The molecule has 2 aromatic rings. The Morgan fingerprint density at radius 1 is 1.11 bits per heavy atom. The van der Waals surface area contributed by atoms with E-state index < -0.39 is 35.6 Å². The van der Waals surface area contributed by atoms with Crippen molar-refractivity contribution in [1.29, 1.82) is 0 Å². The van der Waals surface area contributed by atoms with E-state index in [1.54, 1.807) is 6.92 Å². The third-order valence-corrected chi connectivity index (χ3v) is 3.90. The SMILES string of the molecule is CC(NC(=O)c1ccc(Oc2ccc(C(F)(F)F)cn2)cc1)C(C)C(=O)O. The summed E-state index contributed by atoms with van der Waals surface area (Å²) in [6.07, 6.45) is -3.81. The van der Waals surface area contributed by atoms with Crippen molar-refractivity contribution in [2.45, 2.75) is 26.1 Å². The third kappa shape index (κ3) is 5.44. The Morgan fingerprint density at radius 2 is 1.74 bits per heavy atom. The molecule has 1 heterocycles. The van der Waals surface area contributed by atoms with Crippen molar-refractivity contribution in [2.75, 3.05) is 0 Å². The number of hydrogen-bond acceptors (Lipinski definition) is 4. The number of pyridine rings is 1. The molecular weight excluding hydrogens is 365 g/mol. The van der Waals surface area contributed by atoms with E-state index in [9.17, 15) is 22.8 Å². The highest BCUT2D eigenvalue weighted by atomic mass is 19.4. The molecule has 0 saturated carbocycles. The first kappa shape index (κ1) is 20.2. The van der Waals surface area contributed by atoms with Gasteiger partial charge in [0.25, 0.3) is 5.91 Å². The average molecular weight is 382 g/mol. The quantitative estimate of drug-likeness (QED) is 0.795. The summed E-state index contributed by atoms with van der Waals surface area (Å²) in [5.41, 5.74) is -0.598. The van der Waals surface area contributed by atoms with Crippen LogP contribution in [0.3, 0.4) is 0 Å². The van der Waals surface area contributed by atoms with Gasteiger partial charge in [0, 0.05) is 23.9 Å². The van der Waals surface area contributed by atoms with Crippen LogP contribution >= 0.6 is 0 Å². The maximum absolute atomic E-state index is 12.5. The molecule has 0 aliphatic heterocycles. The number of alkyl halides is 3. The van der Waals surface area contributed by atoms with E-state index >= 15 is 0 Å². The summed E-state index contributed by atoms with van der Waals surface area (Å²) in [5, 5.41) is 11.5. The molecule has 0 spiro atoms. The van der Waals surface area contributed by atoms with Gasteiger partial charge in [-0.3, -0.25) is 9.59 Å². The van der Waals surface area contributed by atoms with Gasteiger partial charge in [-0.05, 0) is 44.2 Å². The Morgan fingerprint density at radius 3 is 2.22 bits per heavy atom. The van der Waals surface area contributed by atoms with E-state index in [4.69, 9.17) is 9.84 Å². The van der Waals surface area contributed by atoms with Crippen molar-refractivity contribution < 1.29 is 32.6 Å². The number of halogens is 3. The molecule has 1 aromatic carbocycles. The molecule has 0 bridgehead atoms. The van der Waals surface area contributed by atoms with Crippen molar-refractivity contribution in [3.05, 3.63) is 53.7 Å². The molecule has 2 unspecified atom stereocenters. The van der Waals surface area contributed by atoms with Crippen LogP contribution in [0.4, 0.5) is 13.2 Å². The third-order valence-electron chi connectivity index (χ3n) is 3.90. The predicted molar refractivity (Wildman–Crippen MR) is 89.5 cm³/mol. The summed E-state index contributed by atoms with van der Waals surface area (Å²) in [6.45, 7) is 3.08. The number of carboxylic acid groups (broad SMARTS) is 1. The Labute approximate surface area is 153 Å². The van der Waals surface area contributed by atoms with Gasteiger partial charge in [0.05, 0.1) is 11.5 Å². The van der Waals surface area contributed by atoms with Gasteiger partial charge in [-0.25, -0.2) is 4.98 Å². The van der Waals surface area contributed by atoms with E-state index in [1.807, 2.05) is 0 Å². The summed E-state index contributed by atoms with van der Waals surface area (Å²) in [7, 11) is 0. The van der Waals surface area contributed by atoms with Crippen molar-refractivity contribution in [3.8, 4) is 11.6 Å². The standard InChI is InChI=1S/C18H17F3N2O4/c1-10(17(25)26)11(2)23-16(24)12-3-6-14(7-4-12)27-15-8-5-13(9-22-15)18(19,20)21/h3-11H,1-2H3,(H,23,24)(H,25,26). The summed E-state index contributed by atoms with van der Waals surface area (Å²) in [6, 6.07) is 7.20. The van der Waals surface area contributed by atoms with E-state index in [-0.39, 0.29) is 17.2 Å². The van der Waals surface area contributed by atoms with Crippen LogP contribution in [0.1, 0.15) is 29.8 Å². The number of carboxylic acids is 1. The molecule has 0 fully saturated rings. The van der Waals surface area contributed by atoms with Gasteiger partial charge in [0.15, 0.2) is 0 Å². The lowest BCUT2D eigenvalue weighted by Crippen LogP contribution is -2.40. The van der Waals surface area contributed by atoms with Gasteiger partial charge in [-0.1, -0.05) is 0 Å². The summed E-state index contributed by atoms with van der Waals surface area (Å²) in [4.78, 5) is 26.6. The van der Waals surface area contributed by atoms with Gasteiger partial charge >= 0.3 is 12.1 Å². The lowest BCUT2D eigenvalue weighted by atomic mass is 10.0. The van der Waals surface area contributed by atoms with Gasteiger partial charge in [0.1, 0.15) is 5.75 Å².